The quantitative estimate of drug-likeness (QED) is 0.653. The molecule has 0 aliphatic rings. The van der Waals surface area contributed by atoms with E-state index in [1.165, 1.54) is 16.9 Å². The van der Waals surface area contributed by atoms with Crippen molar-refractivity contribution in [1.29, 1.82) is 0 Å². The number of nitrogens with zero attached hydrogens (tertiary/aromatic N) is 2. The van der Waals surface area contributed by atoms with E-state index < -0.39 is 10.0 Å². The zero-order chi connectivity index (χ0) is 12.0. The lowest BCUT2D eigenvalue weighted by Crippen LogP contribution is -2.28. The van der Waals surface area contributed by atoms with Crippen LogP contribution in [-0.4, -0.2) is 38.3 Å². The van der Waals surface area contributed by atoms with Crippen LogP contribution in [0.5, 0.6) is 0 Å². The van der Waals surface area contributed by atoms with Crippen LogP contribution in [0.25, 0.3) is 0 Å². The fourth-order valence-electron chi connectivity index (χ4n) is 1.33. The van der Waals surface area contributed by atoms with E-state index >= 15 is 0 Å². The summed E-state index contributed by atoms with van der Waals surface area (Å²) in [6.45, 7) is 3.61. The van der Waals surface area contributed by atoms with Crippen molar-refractivity contribution < 1.29 is 8.42 Å². The molecule has 0 unspecified atom stereocenters. The van der Waals surface area contributed by atoms with Crippen LogP contribution in [-0.2, 0) is 16.6 Å². The first-order valence-corrected chi connectivity index (χ1v) is 6.76. The van der Waals surface area contributed by atoms with Gasteiger partial charge in [0.1, 0.15) is 0 Å². The van der Waals surface area contributed by atoms with Crippen molar-refractivity contribution in [3.63, 3.8) is 0 Å². The highest BCUT2D eigenvalue weighted by atomic mass is 32.2. The summed E-state index contributed by atoms with van der Waals surface area (Å²) in [5.74, 6) is 0. The van der Waals surface area contributed by atoms with Crippen LogP contribution in [0.1, 0.15) is 13.3 Å². The van der Waals surface area contributed by atoms with Gasteiger partial charge in [0.25, 0.3) is 10.0 Å². The predicted molar refractivity (Wildman–Crippen MR) is 61.6 cm³/mol. The van der Waals surface area contributed by atoms with Crippen LogP contribution in [0.15, 0.2) is 17.3 Å². The lowest BCUT2D eigenvalue weighted by atomic mass is 10.4. The minimum absolute atomic E-state index is 0.222. The molecule has 0 fully saturated rings. The molecule has 0 aromatic carbocycles. The molecule has 16 heavy (non-hydrogen) atoms. The van der Waals surface area contributed by atoms with Gasteiger partial charge in [0.05, 0.1) is 6.20 Å². The van der Waals surface area contributed by atoms with E-state index in [1.807, 2.05) is 14.0 Å². The van der Waals surface area contributed by atoms with Crippen molar-refractivity contribution in [1.82, 2.24) is 19.8 Å². The second-order valence-corrected chi connectivity index (χ2v) is 5.05. The molecule has 1 aromatic rings. The minimum Gasteiger partial charge on any atom is -0.320 e. The highest BCUT2D eigenvalue weighted by Crippen LogP contribution is 2.07. The average molecular weight is 246 g/mol. The van der Waals surface area contributed by atoms with E-state index in [9.17, 15) is 8.42 Å². The van der Waals surface area contributed by atoms with E-state index in [0.717, 1.165) is 13.0 Å². The fourth-order valence-corrected chi connectivity index (χ4v) is 2.59. The van der Waals surface area contributed by atoms with Crippen LogP contribution in [0, 0.1) is 0 Å². The second-order valence-electron chi connectivity index (χ2n) is 3.34. The molecule has 0 bridgehead atoms. The molecule has 92 valence electrons. The summed E-state index contributed by atoms with van der Waals surface area (Å²) in [7, 11) is -1.58. The van der Waals surface area contributed by atoms with Gasteiger partial charge in [0.15, 0.2) is 5.03 Å². The van der Waals surface area contributed by atoms with E-state index in [2.05, 4.69) is 15.1 Å². The lowest BCUT2D eigenvalue weighted by Gasteiger charge is -2.07. The Morgan fingerprint density at radius 2 is 2.19 bits per heavy atom. The Morgan fingerprint density at radius 3 is 2.81 bits per heavy atom. The fraction of sp³-hybridized carbons (Fsp3) is 0.667. The number of rotatable bonds is 7. The number of aromatic nitrogens is 2. The van der Waals surface area contributed by atoms with Crippen molar-refractivity contribution in [2.24, 2.45) is 0 Å². The molecule has 1 heterocycles. The van der Waals surface area contributed by atoms with Crippen molar-refractivity contribution >= 4 is 10.0 Å². The first-order chi connectivity index (χ1) is 7.61. The standard InChI is InChI=1S/C9H18N4O2S/c1-3-13-9(5-8-11-13)16(14,15)12-7-4-6-10-2/h5,8,10,12H,3-4,6-7H2,1-2H3. The van der Waals surface area contributed by atoms with Gasteiger partial charge in [-0.15, -0.1) is 0 Å². The Kier molecular flexibility index (Phi) is 4.91. The van der Waals surface area contributed by atoms with Crippen LogP contribution >= 0.6 is 0 Å². The smallest absolute Gasteiger partial charge is 0.257 e. The molecule has 0 saturated heterocycles. The van der Waals surface area contributed by atoms with Gasteiger partial charge < -0.3 is 5.32 Å². The van der Waals surface area contributed by atoms with E-state index in [-0.39, 0.29) is 5.03 Å². The Morgan fingerprint density at radius 1 is 1.44 bits per heavy atom. The summed E-state index contributed by atoms with van der Waals surface area (Å²) in [6, 6.07) is 1.50. The molecule has 0 amide bonds. The molecule has 0 radical (unpaired) electrons. The van der Waals surface area contributed by atoms with E-state index in [1.54, 1.807) is 0 Å². The van der Waals surface area contributed by atoms with Gasteiger partial charge >= 0.3 is 0 Å². The van der Waals surface area contributed by atoms with Crippen LogP contribution in [0.2, 0.25) is 0 Å². The highest BCUT2D eigenvalue weighted by Gasteiger charge is 2.17. The lowest BCUT2D eigenvalue weighted by molar-refractivity contribution is 0.541. The first-order valence-electron chi connectivity index (χ1n) is 5.28. The Bertz CT molecular complexity index is 413. The topological polar surface area (TPSA) is 76.0 Å². The van der Waals surface area contributed by atoms with Gasteiger partial charge in [0.2, 0.25) is 0 Å². The van der Waals surface area contributed by atoms with Crippen LogP contribution in [0.3, 0.4) is 0 Å². The number of nitrogens with one attached hydrogen (secondary N) is 2. The Labute approximate surface area is 96.1 Å². The number of sulfonamides is 1. The minimum atomic E-state index is -3.42. The summed E-state index contributed by atoms with van der Waals surface area (Å²) in [6.07, 6.45) is 2.25. The van der Waals surface area contributed by atoms with Gasteiger partial charge in [-0.2, -0.15) is 5.10 Å². The summed E-state index contributed by atoms with van der Waals surface area (Å²) >= 11 is 0. The molecular weight excluding hydrogens is 228 g/mol. The van der Waals surface area contributed by atoms with Gasteiger partial charge in [0, 0.05) is 13.1 Å². The van der Waals surface area contributed by atoms with Gasteiger partial charge in [-0.3, -0.25) is 4.68 Å². The first kappa shape index (κ1) is 13.1. The van der Waals surface area contributed by atoms with Crippen molar-refractivity contribution in [3.05, 3.63) is 12.3 Å². The third-order valence-corrected chi connectivity index (χ3v) is 3.63. The molecule has 0 spiro atoms. The SMILES string of the molecule is CCn1nccc1S(=O)(=O)NCCCNC. The average Bonchev–Trinajstić information content (AvgIpc) is 2.73. The normalized spacial score (nSPS) is 11.9. The molecule has 2 N–H and O–H groups in total. The van der Waals surface area contributed by atoms with E-state index in [4.69, 9.17) is 0 Å². The summed E-state index contributed by atoms with van der Waals surface area (Å²) in [5, 5.41) is 7.11. The van der Waals surface area contributed by atoms with Gasteiger partial charge in [-0.05, 0) is 33.0 Å². The molecular formula is C9H18N4O2S. The maximum Gasteiger partial charge on any atom is 0.257 e. The van der Waals surface area contributed by atoms with Crippen molar-refractivity contribution in [3.8, 4) is 0 Å². The molecule has 1 rings (SSSR count). The summed E-state index contributed by atoms with van der Waals surface area (Å²) in [4.78, 5) is 0. The molecule has 1 aromatic heterocycles. The van der Waals surface area contributed by atoms with Gasteiger partial charge in [-0.25, -0.2) is 13.1 Å². The van der Waals surface area contributed by atoms with Crippen LogP contribution in [0.4, 0.5) is 0 Å². The monoisotopic (exact) mass is 246 g/mol. The van der Waals surface area contributed by atoms with Crippen molar-refractivity contribution in [2.75, 3.05) is 20.1 Å². The Hall–Kier alpha value is -0.920. The zero-order valence-corrected chi connectivity index (χ0v) is 10.4. The molecule has 7 heteroatoms. The number of hydrogen-bond donors (Lipinski definition) is 2. The summed E-state index contributed by atoms with van der Waals surface area (Å²) in [5.41, 5.74) is 0. The van der Waals surface area contributed by atoms with E-state index in [0.29, 0.717) is 13.1 Å². The molecule has 0 aliphatic heterocycles. The third-order valence-electron chi connectivity index (χ3n) is 2.15. The molecule has 0 atom stereocenters. The van der Waals surface area contributed by atoms with Gasteiger partial charge in [-0.1, -0.05) is 0 Å². The third kappa shape index (κ3) is 3.29. The Balaban J connectivity index is 2.64. The second kappa shape index (κ2) is 5.97. The predicted octanol–water partition coefficient (Wildman–Crippen LogP) is -0.209. The molecule has 0 saturated carbocycles. The maximum atomic E-state index is 11.8. The van der Waals surface area contributed by atoms with Crippen LogP contribution < -0.4 is 10.0 Å². The number of hydrogen-bond acceptors (Lipinski definition) is 4. The number of aryl methyl sites for hydroxylation is 1. The largest absolute Gasteiger partial charge is 0.320 e. The zero-order valence-electron chi connectivity index (χ0n) is 9.60. The highest BCUT2D eigenvalue weighted by molar-refractivity contribution is 7.89. The summed E-state index contributed by atoms with van der Waals surface area (Å²) < 4.78 is 27.7. The molecule has 0 aliphatic carbocycles. The van der Waals surface area contributed by atoms with Crippen molar-refractivity contribution in [2.45, 2.75) is 24.9 Å². The maximum absolute atomic E-state index is 11.8. The molecule has 6 nitrogen and oxygen atoms in total.